The van der Waals surface area contributed by atoms with Crippen LogP contribution in [0.1, 0.15) is 19.2 Å². The Balaban J connectivity index is 0.00000264. The van der Waals surface area contributed by atoms with E-state index >= 15 is 0 Å². The Morgan fingerprint density at radius 1 is 1.35 bits per heavy atom. The molecular formula is C14H16ClF2N3O3. The minimum Gasteiger partial charge on any atom is -0.480 e. The first-order chi connectivity index (χ1) is 10.5. The molecule has 0 atom stereocenters. The minimum absolute atomic E-state index is 0. The lowest BCUT2D eigenvalue weighted by molar-refractivity contribution is -0.138. The van der Waals surface area contributed by atoms with Gasteiger partial charge in [0.1, 0.15) is 0 Å². The number of hydrogen-bond acceptors (Lipinski definition) is 5. The van der Waals surface area contributed by atoms with E-state index in [1.165, 1.54) is 6.07 Å². The van der Waals surface area contributed by atoms with Crippen LogP contribution in [0.25, 0.3) is 11.4 Å². The lowest BCUT2D eigenvalue weighted by Crippen LogP contribution is -2.30. The van der Waals surface area contributed by atoms with Crippen LogP contribution in [0, 0.1) is 11.6 Å². The van der Waals surface area contributed by atoms with Gasteiger partial charge in [-0.15, -0.1) is 12.4 Å². The van der Waals surface area contributed by atoms with Crippen molar-refractivity contribution in [2.45, 2.75) is 19.9 Å². The molecule has 0 saturated heterocycles. The van der Waals surface area contributed by atoms with Gasteiger partial charge in [0.25, 0.3) is 0 Å². The third-order valence-electron chi connectivity index (χ3n) is 2.90. The molecule has 1 aromatic carbocycles. The predicted molar refractivity (Wildman–Crippen MR) is 80.1 cm³/mol. The van der Waals surface area contributed by atoms with Crippen molar-refractivity contribution >= 4 is 18.4 Å². The van der Waals surface area contributed by atoms with Crippen molar-refractivity contribution in [3.8, 4) is 11.4 Å². The summed E-state index contributed by atoms with van der Waals surface area (Å²) in [5.74, 6) is -2.56. The Kier molecular flexibility index (Phi) is 7.05. The van der Waals surface area contributed by atoms with Gasteiger partial charge in [-0.05, 0) is 31.2 Å². The molecular weight excluding hydrogens is 332 g/mol. The molecule has 0 aliphatic heterocycles. The Morgan fingerprint density at radius 2 is 2.09 bits per heavy atom. The number of hydrogen-bond donors (Lipinski definition) is 1. The first-order valence-corrected chi connectivity index (χ1v) is 6.71. The number of aromatic nitrogens is 2. The summed E-state index contributed by atoms with van der Waals surface area (Å²) >= 11 is 0. The van der Waals surface area contributed by atoms with Gasteiger partial charge >= 0.3 is 5.97 Å². The summed E-state index contributed by atoms with van der Waals surface area (Å²) in [7, 11) is 0. The van der Waals surface area contributed by atoms with Crippen LogP contribution in [0.4, 0.5) is 8.78 Å². The second kappa shape index (κ2) is 8.54. The number of benzene rings is 1. The largest absolute Gasteiger partial charge is 0.480 e. The number of aliphatic carboxylic acids is 1. The molecule has 126 valence electrons. The Hall–Kier alpha value is -2.06. The molecule has 0 unspecified atom stereocenters. The fraction of sp³-hybridized carbons (Fsp3) is 0.357. The molecule has 1 heterocycles. The topological polar surface area (TPSA) is 79.5 Å². The summed E-state index contributed by atoms with van der Waals surface area (Å²) in [5, 5.41) is 12.5. The number of carboxylic acid groups (broad SMARTS) is 1. The van der Waals surface area contributed by atoms with Crippen molar-refractivity contribution in [1.82, 2.24) is 15.0 Å². The first-order valence-electron chi connectivity index (χ1n) is 6.71. The van der Waals surface area contributed by atoms with E-state index in [4.69, 9.17) is 9.63 Å². The molecule has 0 spiro atoms. The Morgan fingerprint density at radius 3 is 2.70 bits per heavy atom. The highest BCUT2D eigenvalue weighted by molar-refractivity contribution is 5.85. The molecule has 9 heteroatoms. The summed E-state index contributed by atoms with van der Waals surface area (Å²) in [4.78, 5) is 16.5. The van der Waals surface area contributed by atoms with Gasteiger partial charge in [0.05, 0.1) is 13.1 Å². The number of carbonyl (C=O) groups is 1. The van der Waals surface area contributed by atoms with Gasteiger partial charge in [0.2, 0.25) is 11.7 Å². The Labute approximate surface area is 137 Å². The number of carboxylic acids is 1. The van der Waals surface area contributed by atoms with E-state index in [0.717, 1.165) is 18.6 Å². The lowest BCUT2D eigenvalue weighted by Gasteiger charge is -2.16. The molecule has 6 nitrogen and oxygen atoms in total. The summed E-state index contributed by atoms with van der Waals surface area (Å²) in [5.41, 5.74) is 0.286. The molecule has 0 amide bonds. The fourth-order valence-electron chi connectivity index (χ4n) is 1.98. The van der Waals surface area contributed by atoms with E-state index in [-0.39, 0.29) is 42.8 Å². The van der Waals surface area contributed by atoms with Crippen molar-refractivity contribution in [3.05, 3.63) is 35.7 Å². The minimum atomic E-state index is -0.998. The SMILES string of the molecule is CCCN(CC(=O)O)Cc1nc(-c2ccc(F)c(F)c2)no1.Cl. The molecule has 0 bridgehead atoms. The first kappa shape index (κ1) is 19.0. The third kappa shape index (κ3) is 5.26. The second-order valence-electron chi connectivity index (χ2n) is 4.75. The van der Waals surface area contributed by atoms with Crippen molar-refractivity contribution in [2.24, 2.45) is 0 Å². The van der Waals surface area contributed by atoms with Gasteiger partial charge in [-0.2, -0.15) is 4.98 Å². The zero-order chi connectivity index (χ0) is 16.1. The summed E-state index contributed by atoms with van der Waals surface area (Å²) in [6.07, 6.45) is 0.775. The van der Waals surface area contributed by atoms with E-state index < -0.39 is 17.6 Å². The van der Waals surface area contributed by atoms with Crippen LogP contribution in [0.5, 0.6) is 0 Å². The highest BCUT2D eigenvalue weighted by Gasteiger charge is 2.15. The number of nitrogens with zero attached hydrogens (tertiary/aromatic N) is 3. The molecule has 2 aromatic rings. The average Bonchev–Trinajstić information content (AvgIpc) is 2.90. The van der Waals surface area contributed by atoms with Crippen molar-refractivity contribution in [1.29, 1.82) is 0 Å². The van der Waals surface area contributed by atoms with Crippen LogP contribution in [-0.4, -0.2) is 39.2 Å². The standard InChI is InChI=1S/C14H15F2N3O3.ClH/c1-2-5-19(8-13(20)21)7-12-17-14(18-22-12)9-3-4-10(15)11(16)6-9;/h3-4,6H,2,5,7-8H2,1H3,(H,20,21);1H. The highest BCUT2D eigenvalue weighted by atomic mass is 35.5. The maximum absolute atomic E-state index is 13.2. The van der Waals surface area contributed by atoms with Gasteiger partial charge in [0.15, 0.2) is 11.6 Å². The molecule has 23 heavy (non-hydrogen) atoms. The van der Waals surface area contributed by atoms with E-state index in [9.17, 15) is 13.6 Å². The quantitative estimate of drug-likeness (QED) is 0.829. The second-order valence-corrected chi connectivity index (χ2v) is 4.75. The normalized spacial score (nSPS) is 10.6. The summed E-state index contributed by atoms with van der Waals surface area (Å²) < 4.78 is 31.1. The molecule has 0 saturated carbocycles. The highest BCUT2D eigenvalue weighted by Crippen LogP contribution is 2.19. The van der Waals surface area contributed by atoms with Gasteiger partial charge in [0, 0.05) is 5.56 Å². The molecule has 2 rings (SSSR count). The van der Waals surface area contributed by atoms with Crippen LogP contribution in [0.2, 0.25) is 0 Å². The molecule has 0 aliphatic rings. The van der Waals surface area contributed by atoms with Gasteiger partial charge in [-0.3, -0.25) is 9.69 Å². The Bertz CT molecular complexity index is 666. The van der Waals surface area contributed by atoms with Crippen LogP contribution >= 0.6 is 12.4 Å². The van der Waals surface area contributed by atoms with E-state index in [1.807, 2.05) is 6.92 Å². The van der Waals surface area contributed by atoms with Crippen LogP contribution in [-0.2, 0) is 11.3 Å². The molecule has 1 aromatic heterocycles. The summed E-state index contributed by atoms with van der Waals surface area (Å²) in [6.45, 7) is 2.53. The van der Waals surface area contributed by atoms with Crippen molar-refractivity contribution in [2.75, 3.05) is 13.1 Å². The van der Waals surface area contributed by atoms with Gasteiger partial charge in [-0.25, -0.2) is 8.78 Å². The van der Waals surface area contributed by atoms with Gasteiger partial charge < -0.3 is 9.63 Å². The zero-order valence-electron chi connectivity index (χ0n) is 12.3. The van der Waals surface area contributed by atoms with Gasteiger partial charge in [-0.1, -0.05) is 12.1 Å². The number of halogens is 3. The van der Waals surface area contributed by atoms with Crippen molar-refractivity contribution in [3.63, 3.8) is 0 Å². The van der Waals surface area contributed by atoms with Crippen molar-refractivity contribution < 1.29 is 23.2 Å². The maximum Gasteiger partial charge on any atom is 0.317 e. The lowest BCUT2D eigenvalue weighted by atomic mass is 10.2. The predicted octanol–water partition coefficient (Wildman–Crippen LogP) is 2.73. The molecule has 0 radical (unpaired) electrons. The zero-order valence-corrected chi connectivity index (χ0v) is 13.1. The molecule has 0 aliphatic carbocycles. The maximum atomic E-state index is 13.2. The number of rotatable bonds is 7. The van der Waals surface area contributed by atoms with Crippen LogP contribution < -0.4 is 0 Å². The monoisotopic (exact) mass is 347 g/mol. The molecule has 0 fully saturated rings. The van der Waals surface area contributed by atoms with E-state index in [1.54, 1.807) is 4.90 Å². The average molecular weight is 348 g/mol. The van der Waals surface area contributed by atoms with E-state index in [0.29, 0.717) is 6.54 Å². The smallest absolute Gasteiger partial charge is 0.317 e. The molecule has 1 N–H and O–H groups in total. The summed E-state index contributed by atoms with van der Waals surface area (Å²) in [6, 6.07) is 3.30. The van der Waals surface area contributed by atoms with E-state index in [2.05, 4.69) is 10.1 Å². The fourth-order valence-corrected chi connectivity index (χ4v) is 1.98. The van der Waals surface area contributed by atoms with Crippen LogP contribution in [0.15, 0.2) is 22.7 Å². The van der Waals surface area contributed by atoms with Crippen LogP contribution in [0.3, 0.4) is 0 Å². The third-order valence-corrected chi connectivity index (χ3v) is 2.90.